The molecule has 90 valence electrons. The number of methoxy groups -OCH3 is 1. The molecule has 3 N–H and O–H groups in total. The van der Waals surface area contributed by atoms with Gasteiger partial charge in [-0.1, -0.05) is 0 Å². The molecule has 0 spiro atoms. The fraction of sp³-hybridized carbons (Fsp3) is 0.0909. The highest BCUT2D eigenvalue weighted by molar-refractivity contribution is 5.87. The van der Waals surface area contributed by atoms with Crippen LogP contribution in [-0.2, 0) is 0 Å². The Morgan fingerprint density at radius 2 is 2.22 bits per heavy atom. The van der Waals surface area contributed by atoms with Crippen LogP contribution in [0.1, 0.15) is 0 Å². The van der Waals surface area contributed by atoms with Crippen molar-refractivity contribution in [3.05, 3.63) is 24.8 Å². The van der Waals surface area contributed by atoms with E-state index in [0.717, 1.165) is 5.39 Å². The van der Waals surface area contributed by atoms with Crippen LogP contribution in [-0.4, -0.2) is 32.0 Å². The van der Waals surface area contributed by atoms with Crippen LogP contribution in [0.5, 0.6) is 5.88 Å². The molecule has 0 radical (unpaired) electrons. The first-order valence-electron chi connectivity index (χ1n) is 5.24. The van der Waals surface area contributed by atoms with Crippen molar-refractivity contribution in [2.45, 2.75) is 0 Å². The number of nitrogen functional groups attached to an aromatic ring is 1. The van der Waals surface area contributed by atoms with E-state index in [0.29, 0.717) is 28.7 Å². The summed E-state index contributed by atoms with van der Waals surface area (Å²) in [5, 5.41) is 0.787. The zero-order chi connectivity index (χ0) is 12.5. The van der Waals surface area contributed by atoms with Gasteiger partial charge in [0.25, 0.3) is 0 Å². The van der Waals surface area contributed by atoms with Crippen molar-refractivity contribution in [3.8, 4) is 17.3 Å². The van der Waals surface area contributed by atoms with Crippen LogP contribution in [0.15, 0.2) is 24.8 Å². The molecule has 0 saturated heterocycles. The van der Waals surface area contributed by atoms with E-state index in [-0.39, 0.29) is 0 Å². The van der Waals surface area contributed by atoms with E-state index in [1.54, 1.807) is 12.4 Å². The van der Waals surface area contributed by atoms with Crippen LogP contribution in [0.25, 0.3) is 22.4 Å². The van der Waals surface area contributed by atoms with E-state index >= 15 is 0 Å². The van der Waals surface area contributed by atoms with Gasteiger partial charge in [-0.2, -0.15) is 0 Å². The van der Waals surface area contributed by atoms with Gasteiger partial charge in [-0.3, -0.25) is 0 Å². The number of fused-ring (bicyclic) bond motifs is 1. The Bertz CT molecular complexity index is 708. The summed E-state index contributed by atoms with van der Waals surface area (Å²) in [6, 6.07) is 1.83. The molecule has 0 fully saturated rings. The normalized spacial score (nSPS) is 10.7. The van der Waals surface area contributed by atoms with Gasteiger partial charge in [0.15, 0.2) is 5.82 Å². The number of hydrogen-bond donors (Lipinski definition) is 2. The second-order valence-electron chi connectivity index (χ2n) is 3.62. The van der Waals surface area contributed by atoms with E-state index in [9.17, 15) is 0 Å². The number of anilines is 1. The Balaban J connectivity index is 2.25. The number of H-pyrrole nitrogens is 1. The standard InChI is InChI=1S/C11H10N6O/c1-18-11-7(4-13-5-15-11)10-16-8(12)6-2-3-14-9(6)17-10/h2-5H,1H3,(H3,12,14,16,17). The monoisotopic (exact) mass is 242 g/mol. The lowest BCUT2D eigenvalue weighted by Crippen LogP contribution is -2.00. The Morgan fingerprint density at radius 1 is 1.33 bits per heavy atom. The quantitative estimate of drug-likeness (QED) is 0.695. The SMILES string of the molecule is COc1ncncc1-c1nc(N)c2cc[nH]c2n1. The minimum Gasteiger partial charge on any atom is -0.480 e. The molecule has 0 saturated carbocycles. The number of ether oxygens (including phenoxy) is 1. The highest BCUT2D eigenvalue weighted by atomic mass is 16.5. The molecule has 7 heteroatoms. The first-order chi connectivity index (χ1) is 8.79. The van der Waals surface area contributed by atoms with Crippen LogP contribution >= 0.6 is 0 Å². The fourth-order valence-corrected chi connectivity index (χ4v) is 1.72. The van der Waals surface area contributed by atoms with Crippen molar-refractivity contribution >= 4 is 16.9 Å². The van der Waals surface area contributed by atoms with Gasteiger partial charge >= 0.3 is 0 Å². The van der Waals surface area contributed by atoms with Gasteiger partial charge in [0.1, 0.15) is 17.8 Å². The van der Waals surface area contributed by atoms with Crippen LogP contribution in [0.2, 0.25) is 0 Å². The smallest absolute Gasteiger partial charge is 0.227 e. The third-order valence-corrected chi connectivity index (χ3v) is 2.56. The molecule has 7 nitrogen and oxygen atoms in total. The molecule has 0 unspecified atom stereocenters. The molecule has 0 atom stereocenters. The lowest BCUT2D eigenvalue weighted by molar-refractivity contribution is 0.398. The fourth-order valence-electron chi connectivity index (χ4n) is 1.72. The predicted octanol–water partition coefficient (Wildman–Crippen LogP) is 1.01. The van der Waals surface area contributed by atoms with Gasteiger partial charge in [0, 0.05) is 12.4 Å². The average molecular weight is 242 g/mol. The first kappa shape index (κ1) is 10.5. The van der Waals surface area contributed by atoms with Crippen LogP contribution in [0, 0.1) is 0 Å². The molecule has 3 rings (SSSR count). The lowest BCUT2D eigenvalue weighted by atomic mass is 10.3. The number of nitrogens with zero attached hydrogens (tertiary/aromatic N) is 4. The predicted molar refractivity (Wildman–Crippen MR) is 65.9 cm³/mol. The first-order valence-corrected chi connectivity index (χ1v) is 5.24. The third kappa shape index (κ3) is 1.53. The summed E-state index contributed by atoms with van der Waals surface area (Å²) in [5.41, 5.74) is 7.15. The number of rotatable bonds is 2. The van der Waals surface area contributed by atoms with Gasteiger partial charge in [-0.05, 0) is 6.07 Å². The molecule has 0 amide bonds. The minimum atomic E-state index is 0.405. The number of aromatic nitrogens is 5. The molecule has 3 heterocycles. The highest BCUT2D eigenvalue weighted by Crippen LogP contribution is 2.26. The van der Waals surface area contributed by atoms with E-state index in [1.165, 1.54) is 13.4 Å². The second kappa shape index (κ2) is 3.95. The van der Waals surface area contributed by atoms with Gasteiger partial charge in [-0.15, -0.1) is 0 Å². The summed E-state index contributed by atoms with van der Waals surface area (Å²) >= 11 is 0. The van der Waals surface area contributed by atoms with Crippen molar-refractivity contribution < 1.29 is 4.74 Å². The largest absolute Gasteiger partial charge is 0.480 e. The maximum Gasteiger partial charge on any atom is 0.227 e. The second-order valence-corrected chi connectivity index (χ2v) is 3.62. The van der Waals surface area contributed by atoms with Crippen molar-refractivity contribution in [1.29, 1.82) is 0 Å². The number of nitrogens with two attached hydrogens (primary N) is 1. The summed E-state index contributed by atoms with van der Waals surface area (Å²) in [6.07, 6.45) is 4.76. The number of aromatic amines is 1. The summed E-state index contributed by atoms with van der Waals surface area (Å²) in [7, 11) is 1.53. The highest BCUT2D eigenvalue weighted by Gasteiger charge is 2.13. The summed E-state index contributed by atoms with van der Waals surface area (Å²) in [5.74, 6) is 1.25. The molecule has 3 aromatic rings. The van der Waals surface area contributed by atoms with E-state index in [4.69, 9.17) is 10.5 Å². The number of hydrogen-bond acceptors (Lipinski definition) is 6. The van der Waals surface area contributed by atoms with Crippen LogP contribution < -0.4 is 10.5 Å². The molecular weight excluding hydrogens is 232 g/mol. The molecular formula is C11H10N6O. The molecule has 0 aliphatic rings. The van der Waals surface area contributed by atoms with Crippen LogP contribution in [0.4, 0.5) is 5.82 Å². The zero-order valence-corrected chi connectivity index (χ0v) is 9.58. The Morgan fingerprint density at radius 3 is 3.06 bits per heavy atom. The molecule has 0 aromatic carbocycles. The van der Waals surface area contributed by atoms with Crippen molar-refractivity contribution in [2.24, 2.45) is 0 Å². The Hall–Kier alpha value is -2.70. The zero-order valence-electron chi connectivity index (χ0n) is 9.58. The van der Waals surface area contributed by atoms with Crippen molar-refractivity contribution in [2.75, 3.05) is 12.8 Å². The van der Waals surface area contributed by atoms with Crippen LogP contribution in [0.3, 0.4) is 0 Å². The lowest BCUT2D eigenvalue weighted by Gasteiger charge is -2.05. The van der Waals surface area contributed by atoms with Gasteiger partial charge in [0.2, 0.25) is 5.88 Å². The number of nitrogens with one attached hydrogen (secondary N) is 1. The molecule has 0 aliphatic heterocycles. The molecule has 0 aliphatic carbocycles. The van der Waals surface area contributed by atoms with Crippen molar-refractivity contribution in [1.82, 2.24) is 24.9 Å². The minimum absolute atomic E-state index is 0.405. The average Bonchev–Trinajstić information content (AvgIpc) is 2.87. The third-order valence-electron chi connectivity index (χ3n) is 2.56. The molecule has 18 heavy (non-hydrogen) atoms. The topological polar surface area (TPSA) is 103 Å². The van der Waals surface area contributed by atoms with E-state index < -0.39 is 0 Å². The summed E-state index contributed by atoms with van der Waals surface area (Å²) in [6.45, 7) is 0. The van der Waals surface area contributed by atoms with Crippen molar-refractivity contribution in [3.63, 3.8) is 0 Å². The maximum atomic E-state index is 5.88. The summed E-state index contributed by atoms with van der Waals surface area (Å²) in [4.78, 5) is 19.6. The molecule has 3 aromatic heterocycles. The van der Waals surface area contributed by atoms with E-state index in [2.05, 4.69) is 24.9 Å². The Labute approximate surface area is 102 Å². The summed E-state index contributed by atoms with van der Waals surface area (Å²) < 4.78 is 5.15. The molecule has 0 bridgehead atoms. The Kier molecular flexibility index (Phi) is 2.30. The van der Waals surface area contributed by atoms with Gasteiger partial charge in [-0.25, -0.2) is 19.9 Å². The maximum absolute atomic E-state index is 5.88. The van der Waals surface area contributed by atoms with E-state index in [1.807, 2.05) is 6.07 Å². The van der Waals surface area contributed by atoms with Gasteiger partial charge in [0.05, 0.1) is 18.1 Å². The van der Waals surface area contributed by atoms with Gasteiger partial charge < -0.3 is 15.5 Å².